The zero-order chi connectivity index (χ0) is 34.8. The minimum atomic E-state index is -0.393. The SMILES string of the molecule is CC.CC.CCN(CCCC(C)Nc1ccnc2cc(Cl)ccc12)CCN(N)/C=C(\N)CC(C)C(C)(C)NC(=O)C(C)(C)CC. The minimum Gasteiger partial charge on any atom is -0.401 e. The third-order valence-electron chi connectivity index (χ3n) is 8.38. The number of hydrogen-bond acceptors (Lipinski definition) is 7. The molecule has 6 N–H and O–H groups in total. The Morgan fingerprint density at radius 1 is 1.04 bits per heavy atom. The highest BCUT2D eigenvalue weighted by Crippen LogP contribution is 2.27. The lowest BCUT2D eigenvalue weighted by atomic mass is 9.82. The van der Waals surface area contributed by atoms with Crippen LogP contribution in [-0.2, 0) is 4.79 Å². The zero-order valence-corrected chi connectivity index (χ0v) is 31.3. The van der Waals surface area contributed by atoms with Gasteiger partial charge in [0.15, 0.2) is 0 Å². The normalized spacial score (nSPS) is 13.3. The van der Waals surface area contributed by atoms with E-state index in [1.165, 1.54) is 0 Å². The first-order valence-corrected chi connectivity index (χ1v) is 17.4. The number of halogens is 1. The van der Waals surface area contributed by atoms with Crippen molar-refractivity contribution in [3.8, 4) is 0 Å². The molecule has 9 heteroatoms. The first-order chi connectivity index (χ1) is 21.2. The predicted molar refractivity (Wildman–Crippen MR) is 197 cm³/mol. The summed E-state index contributed by atoms with van der Waals surface area (Å²) < 4.78 is 0. The number of hydrazine groups is 1. The van der Waals surface area contributed by atoms with E-state index >= 15 is 0 Å². The quantitative estimate of drug-likeness (QED) is 0.101. The second-order valence-electron chi connectivity index (χ2n) is 12.6. The van der Waals surface area contributed by atoms with Crippen molar-refractivity contribution in [2.24, 2.45) is 22.9 Å². The molecule has 0 aliphatic heterocycles. The molecule has 1 amide bonds. The number of nitrogens with zero attached hydrogens (tertiary/aromatic N) is 3. The highest BCUT2D eigenvalue weighted by Gasteiger charge is 2.33. The molecule has 2 atom stereocenters. The summed E-state index contributed by atoms with van der Waals surface area (Å²) in [5.41, 5.74) is 8.28. The largest absolute Gasteiger partial charge is 0.401 e. The molecule has 1 aromatic heterocycles. The Bertz CT molecular complexity index is 1150. The van der Waals surface area contributed by atoms with Gasteiger partial charge in [-0.05, 0) is 89.7 Å². The molecule has 0 saturated heterocycles. The van der Waals surface area contributed by atoms with E-state index in [2.05, 4.69) is 55.1 Å². The van der Waals surface area contributed by atoms with E-state index in [4.69, 9.17) is 23.2 Å². The smallest absolute Gasteiger partial charge is 0.226 e. The molecule has 2 aromatic rings. The Balaban J connectivity index is 0.00000464. The van der Waals surface area contributed by atoms with Gasteiger partial charge in [-0.25, -0.2) is 5.84 Å². The van der Waals surface area contributed by atoms with Crippen LogP contribution in [0, 0.1) is 11.3 Å². The van der Waals surface area contributed by atoms with Crippen LogP contribution in [0.4, 0.5) is 5.69 Å². The van der Waals surface area contributed by atoms with Crippen molar-refractivity contribution >= 4 is 34.1 Å². The van der Waals surface area contributed by atoms with Gasteiger partial charge in [-0.2, -0.15) is 0 Å². The molecule has 258 valence electrons. The van der Waals surface area contributed by atoms with Crippen LogP contribution < -0.4 is 22.2 Å². The number of aromatic nitrogens is 1. The summed E-state index contributed by atoms with van der Waals surface area (Å²) in [5.74, 6) is 6.51. The van der Waals surface area contributed by atoms with E-state index in [9.17, 15) is 4.79 Å². The van der Waals surface area contributed by atoms with Gasteiger partial charge in [-0.1, -0.05) is 73.9 Å². The second kappa shape index (κ2) is 21.3. The van der Waals surface area contributed by atoms with Crippen molar-refractivity contribution in [1.82, 2.24) is 20.2 Å². The number of pyridine rings is 1. The molecule has 0 bridgehead atoms. The summed E-state index contributed by atoms with van der Waals surface area (Å²) in [6.07, 6.45) is 7.21. The van der Waals surface area contributed by atoms with Crippen molar-refractivity contribution < 1.29 is 4.79 Å². The fraction of sp³-hybridized carbons (Fsp3) is 0.667. The topological polar surface area (TPSA) is 113 Å². The van der Waals surface area contributed by atoms with Gasteiger partial charge in [-0.3, -0.25) is 9.78 Å². The first-order valence-electron chi connectivity index (χ1n) is 17.0. The molecule has 1 aromatic carbocycles. The number of anilines is 1. The maximum absolute atomic E-state index is 12.7. The lowest BCUT2D eigenvalue weighted by Crippen LogP contribution is -2.52. The summed E-state index contributed by atoms with van der Waals surface area (Å²) >= 11 is 6.13. The van der Waals surface area contributed by atoms with Crippen molar-refractivity contribution in [2.75, 3.05) is 31.5 Å². The fourth-order valence-corrected chi connectivity index (χ4v) is 4.74. The van der Waals surface area contributed by atoms with Crippen LogP contribution in [0.1, 0.15) is 109 Å². The van der Waals surface area contributed by atoms with Gasteiger partial charge in [0.25, 0.3) is 0 Å². The average Bonchev–Trinajstić information content (AvgIpc) is 3.00. The number of amides is 1. The van der Waals surface area contributed by atoms with Gasteiger partial charge in [-0.15, -0.1) is 0 Å². The molecule has 1 heterocycles. The molecule has 0 radical (unpaired) electrons. The molecule has 0 aliphatic carbocycles. The van der Waals surface area contributed by atoms with Crippen LogP contribution in [0.2, 0.25) is 5.02 Å². The number of nitrogens with two attached hydrogens (primary N) is 2. The van der Waals surface area contributed by atoms with Crippen LogP contribution in [0.3, 0.4) is 0 Å². The monoisotopic (exact) mass is 648 g/mol. The Morgan fingerprint density at radius 2 is 1.69 bits per heavy atom. The number of benzene rings is 1. The van der Waals surface area contributed by atoms with Crippen LogP contribution in [-0.4, -0.2) is 58.6 Å². The molecule has 0 spiro atoms. The average molecular weight is 648 g/mol. The van der Waals surface area contributed by atoms with Crippen molar-refractivity contribution in [3.05, 3.63) is 47.4 Å². The van der Waals surface area contributed by atoms with E-state index in [-0.39, 0.29) is 17.4 Å². The Kier molecular flexibility index (Phi) is 20.1. The van der Waals surface area contributed by atoms with E-state index in [1.807, 2.05) is 85.1 Å². The van der Waals surface area contributed by atoms with Crippen molar-refractivity contribution in [3.63, 3.8) is 0 Å². The number of rotatable bonds is 17. The standard InChI is InChI=1S/C32H54ClN7O.2C2H6/c1-9-31(5,6)30(41)38-32(7,8)23(3)20-26(34)22-40(35)19-18-39(10-2)17-11-12-24(4)37-28-15-16-36-29-21-25(33)13-14-27(28)29;2*1-2/h13-16,21-24H,9-12,17-20,34-35H2,1-8H3,(H,36,37)(H,38,41);2*1-2H3/b26-22-;;. The first kappa shape index (κ1) is 42.5. The van der Waals surface area contributed by atoms with Gasteiger partial charge >= 0.3 is 0 Å². The molecule has 45 heavy (non-hydrogen) atoms. The zero-order valence-electron chi connectivity index (χ0n) is 30.6. The van der Waals surface area contributed by atoms with Gasteiger partial charge in [0.05, 0.1) is 5.52 Å². The third kappa shape index (κ3) is 15.1. The summed E-state index contributed by atoms with van der Waals surface area (Å²) in [4.78, 5) is 19.6. The number of hydrogen-bond donors (Lipinski definition) is 4. The van der Waals surface area contributed by atoms with Crippen LogP contribution in [0.5, 0.6) is 0 Å². The number of nitrogens with one attached hydrogen (secondary N) is 2. The lowest BCUT2D eigenvalue weighted by molar-refractivity contribution is -0.131. The highest BCUT2D eigenvalue weighted by atomic mass is 35.5. The van der Waals surface area contributed by atoms with Crippen molar-refractivity contribution in [1.29, 1.82) is 0 Å². The predicted octanol–water partition coefficient (Wildman–Crippen LogP) is 8.18. The molecular formula is C36H66ClN7O. The van der Waals surface area contributed by atoms with Crippen LogP contribution in [0.15, 0.2) is 42.4 Å². The summed E-state index contributed by atoms with van der Waals surface area (Å²) in [7, 11) is 0. The van der Waals surface area contributed by atoms with E-state index in [0.717, 1.165) is 55.5 Å². The Hall–Kier alpha value is -2.55. The number of allylic oxidation sites excluding steroid dienone is 1. The molecule has 8 nitrogen and oxygen atoms in total. The van der Waals surface area contributed by atoms with Gasteiger partial charge in [0.2, 0.25) is 5.91 Å². The molecule has 0 fully saturated rings. The van der Waals surface area contributed by atoms with Crippen LogP contribution in [0.25, 0.3) is 10.9 Å². The van der Waals surface area contributed by atoms with Crippen molar-refractivity contribution in [2.45, 2.75) is 120 Å². The van der Waals surface area contributed by atoms with Gasteiger partial charge < -0.3 is 26.3 Å². The van der Waals surface area contributed by atoms with Crippen LogP contribution >= 0.6 is 11.6 Å². The maximum Gasteiger partial charge on any atom is 0.226 e. The third-order valence-corrected chi connectivity index (χ3v) is 8.61. The highest BCUT2D eigenvalue weighted by molar-refractivity contribution is 6.31. The number of carbonyl (C=O) groups is 1. The fourth-order valence-electron chi connectivity index (χ4n) is 4.58. The van der Waals surface area contributed by atoms with E-state index in [0.29, 0.717) is 29.7 Å². The summed E-state index contributed by atoms with van der Waals surface area (Å²) in [5, 5.41) is 10.3. The maximum atomic E-state index is 12.7. The van der Waals surface area contributed by atoms with Gasteiger partial charge in [0, 0.05) is 64.3 Å². The summed E-state index contributed by atoms with van der Waals surface area (Å²) in [6.45, 7) is 28.1. The number of carbonyl (C=O) groups excluding carboxylic acids is 1. The molecular weight excluding hydrogens is 582 g/mol. The molecule has 2 unspecified atom stereocenters. The second-order valence-corrected chi connectivity index (χ2v) is 13.0. The van der Waals surface area contributed by atoms with E-state index < -0.39 is 5.41 Å². The number of likely N-dealkylation sites (N-methyl/N-ethyl adjacent to an activating group) is 1. The molecule has 0 aliphatic rings. The summed E-state index contributed by atoms with van der Waals surface area (Å²) in [6, 6.07) is 8.16. The molecule has 0 saturated carbocycles. The minimum absolute atomic E-state index is 0.0703. The molecule has 2 rings (SSSR count). The Morgan fingerprint density at radius 3 is 2.29 bits per heavy atom. The van der Waals surface area contributed by atoms with E-state index in [1.54, 1.807) is 5.01 Å². The Labute approximate surface area is 280 Å². The lowest BCUT2D eigenvalue weighted by Gasteiger charge is -2.36. The number of fused-ring (bicyclic) bond motifs is 1. The van der Waals surface area contributed by atoms with Gasteiger partial charge in [0.1, 0.15) is 0 Å².